The van der Waals surface area contributed by atoms with Crippen LogP contribution in [-0.4, -0.2) is 87.0 Å². The molecule has 1 aliphatic heterocycles. The Hall–Kier alpha value is -3.80. The Morgan fingerprint density at radius 2 is 1.68 bits per heavy atom. The van der Waals surface area contributed by atoms with Crippen LogP contribution in [0.4, 0.5) is 17.6 Å². The van der Waals surface area contributed by atoms with Crippen LogP contribution >= 0.6 is 0 Å². The molecule has 0 saturated carbocycles. The lowest BCUT2D eigenvalue weighted by Gasteiger charge is -2.27. The molecule has 1 atom stereocenters. The van der Waals surface area contributed by atoms with E-state index in [0.29, 0.717) is 47.5 Å². The van der Waals surface area contributed by atoms with Crippen LogP contribution in [0, 0.1) is 5.82 Å². The highest BCUT2D eigenvalue weighted by atomic mass is 19.4. The van der Waals surface area contributed by atoms with Crippen LogP contribution in [0.3, 0.4) is 0 Å². The van der Waals surface area contributed by atoms with E-state index >= 15 is 0 Å². The minimum Gasteiger partial charge on any atom is -0.493 e. The molecule has 2 aromatic carbocycles. The Bertz CT molecular complexity index is 1190. The van der Waals surface area contributed by atoms with Gasteiger partial charge in [-0.25, -0.2) is 9.18 Å². The first-order chi connectivity index (χ1) is 19.3. The first-order valence-electron chi connectivity index (χ1n) is 12.8. The summed E-state index contributed by atoms with van der Waals surface area (Å²) in [5.74, 6) is -1.87. The number of aliphatic carboxylic acids is 1. The summed E-state index contributed by atoms with van der Waals surface area (Å²) in [6.07, 6.45) is -0.104. The Morgan fingerprint density at radius 3 is 2.15 bits per heavy atom. The molecule has 1 fully saturated rings. The third kappa shape index (κ3) is 9.66. The van der Waals surface area contributed by atoms with Crippen LogP contribution in [0.1, 0.15) is 42.1 Å². The molecule has 1 unspecified atom stereocenters. The third-order valence-electron chi connectivity index (χ3n) is 6.59. The number of benzene rings is 2. The second kappa shape index (κ2) is 15.3. The Labute approximate surface area is 237 Å². The molecule has 0 aliphatic carbocycles. The molecule has 0 radical (unpaired) electrons. The Morgan fingerprint density at radius 1 is 1.10 bits per heavy atom. The van der Waals surface area contributed by atoms with Gasteiger partial charge in [0, 0.05) is 30.3 Å². The number of carboxylic acids is 1. The number of nitrogens with zero attached hydrogens (tertiary/aromatic N) is 2. The van der Waals surface area contributed by atoms with Gasteiger partial charge in [-0.15, -0.1) is 0 Å². The molecule has 1 N–H and O–H groups in total. The van der Waals surface area contributed by atoms with Gasteiger partial charge < -0.3 is 29.1 Å². The lowest BCUT2D eigenvalue weighted by atomic mass is 10.1. The van der Waals surface area contributed by atoms with Crippen LogP contribution < -0.4 is 14.2 Å². The fraction of sp³-hybridized carbons (Fsp3) is 0.448. The predicted octanol–water partition coefficient (Wildman–Crippen LogP) is 5.51. The number of hydrogen-bond acceptors (Lipinski definition) is 6. The van der Waals surface area contributed by atoms with Crippen molar-refractivity contribution in [3.63, 3.8) is 0 Å². The number of amides is 1. The molecule has 226 valence electrons. The normalized spacial score (nSPS) is 15.5. The molecule has 1 saturated heterocycles. The molecule has 41 heavy (non-hydrogen) atoms. The van der Waals surface area contributed by atoms with Gasteiger partial charge in [-0.2, -0.15) is 13.2 Å². The van der Waals surface area contributed by atoms with Gasteiger partial charge in [0.1, 0.15) is 5.82 Å². The lowest BCUT2D eigenvalue weighted by Crippen LogP contribution is -2.37. The number of hydrogen-bond donors (Lipinski definition) is 1. The molecule has 12 heteroatoms. The number of methoxy groups -OCH3 is 3. The number of likely N-dealkylation sites (tertiary alicyclic amines) is 1. The zero-order chi connectivity index (χ0) is 30.7. The van der Waals surface area contributed by atoms with Gasteiger partial charge in [-0.1, -0.05) is 29.8 Å². The van der Waals surface area contributed by atoms with Gasteiger partial charge >= 0.3 is 12.1 Å². The molecular formula is C29H36F4N2O6. The molecule has 0 spiro atoms. The Balaban J connectivity index is 0.000000745. The highest BCUT2D eigenvalue weighted by Crippen LogP contribution is 2.38. The van der Waals surface area contributed by atoms with E-state index in [1.54, 1.807) is 36.4 Å². The number of carbonyl (C=O) groups excluding carboxylic acids is 1. The highest BCUT2D eigenvalue weighted by molar-refractivity contribution is 5.96. The van der Waals surface area contributed by atoms with Crippen LogP contribution in [-0.2, 0) is 4.79 Å². The van der Waals surface area contributed by atoms with Crippen molar-refractivity contribution in [1.29, 1.82) is 0 Å². The molecule has 3 rings (SSSR count). The van der Waals surface area contributed by atoms with Crippen molar-refractivity contribution < 1.29 is 46.5 Å². The van der Waals surface area contributed by atoms with E-state index in [1.807, 2.05) is 11.8 Å². The molecule has 0 aromatic heterocycles. The SMILES string of the molecule is COc1cc(C(=O)N(CCC2CCCN2C)C/C(C)=C/c2ccccc2F)cc(OC)c1OC.O=C(O)C(F)(F)F. The van der Waals surface area contributed by atoms with Gasteiger partial charge in [0.15, 0.2) is 11.5 Å². The quantitative estimate of drug-likeness (QED) is 0.368. The number of rotatable bonds is 10. The summed E-state index contributed by atoms with van der Waals surface area (Å²) in [4.78, 5) is 26.7. The molecule has 8 nitrogen and oxygen atoms in total. The van der Waals surface area contributed by atoms with Crippen LogP contribution in [0.5, 0.6) is 17.2 Å². The smallest absolute Gasteiger partial charge is 0.490 e. The third-order valence-corrected chi connectivity index (χ3v) is 6.59. The molecule has 0 bridgehead atoms. The van der Waals surface area contributed by atoms with Gasteiger partial charge in [-0.05, 0) is 58.0 Å². The summed E-state index contributed by atoms with van der Waals surface area (Å²) in [5.41, 5.74) is 1.86. The molecule has 1 amide bonds. The van der Waals surface area contributed by atoms with Crippen molar-refractivity contribution >= 4 is 18.0 Å². The van der Waals surface area contributed by atoms with Crippen molar-refractivity contribution in [2.45, 2.75) is 38.4 Å². The first-order valence-corrected chi connectivity index (χ1v) is 12.8. The second-order valence-corrected chi connectivity index (χ2v) is 9.52. The van der Waals surface area contributed by atoms with E-state index in [2.05, 4.69) is 11.9 Å². The summed E-state index contributed by atoms with van der Waals surface area (Å²) in [5, 5.41) is 7.12. The van der Waals surface area contributed by atoms with Crippen molar-refractivity contribution in [3.8, 4) is 17.2 Å². The zero-order valence-corrected chi connectivity index (χ0v) is 23.8. The lowest BCUT2D eigenvalue weighted by molar-refractivity contribution is -0.192. The first kappa shape index (κ1) is 33.4. The van der Waals surface area contributed by atoms with Crippen LogP contribution in [0.25, 0.3) is 6.08 Å². The average molecular weight is 585 g/mol. The van der Waals surface area contributed by atoms with Gasteiger partial charge in [0.05, 0.1) is 21.3 Å². The zero-order valence-electron chi connectivity index (χ0n) is 23.8. The number of carboxylic acid groups (broad SMARTS) is 1. The fourth-order valence-electron chi connectivity index (χ4n) is 4.49. The number of ether oxygens (including phenoxy) is 3. The van der Waals surface area contributed by atoms with E-state index in [4.69, 9.17) is 24.1 Å². The monoisotopic (exact) mass is 584 g/mol. The van der Waals surface area contributed by atoms with Gasteiger partial charge in [0.25, 0.3) is 5.91 Å². The van der Waals surface area contributed by atoms with Crippen molar-refractivity contribution in [1.82, 2.24) is 9.80 Å². The maximum atomic E-state index is 14.2. The summed E-state index contributed by atoms with van der Waals surface area (Å²) < 4.78 is 62.2. The number of carbonyl (C=O) groups is 2. The number of halogens is 4. The summed E-state index contributed by atoms with van der Waals surface area (Å²) in [6.45, 7) is 3.98. The average Bonchev–Trinajstić information content (AvgIpc) is 3.35. The van der Waals surface area contributed by atoms with Crippen molar-refractivity contribution in [2.24, 2.45) is 0 Å². The second-order valence-electron chi connectivity index (χ2n) is 9.52. The molecular weight excluding hydrogens is 548 g/mol. The van der Waals surface area contributed by atoms with Crippen LogP contribution in [0.15, 0.2) is 42.0 Å². The standard InChI is InChI=1S/C27H35FN2O4.C2HF3O2/c1-19(15-20-9-6-7-11-23(20)28)18-30(14-12-22-10-8-13-29(22)2)27(31)21-16-24(32-3)26(34-5)25(17-21)33-4;3-2(4,5)1(6)7/h6-7,9,11,15-17,22H,8,10,12-14,18H2,1-5H3;(H,6,7)/b19-15+;. The maximum Gasteiger partial charge on any atom is 0.490 e. The molecule has 1 aliphatic rings. The summed E-state index contributed by atoms with van der Waals surface area (Å²) >= 11 is 0. The van der Waals surface area contributed by atoms with E-state index < -0.39 is 12.1 Å². The summed E-state index contributed by atoms with van der Waals surface area (Å²) in [6, 6.07) is 10.4. The molecule has 2 aromatic rings. The minimum atomic E-state index is -5.08. The fourth-order valence-corrected chi connectivity index (χ4v) is 4.49. The molecule has 1 heterocycles. The number of alkyl halides is 3. The van der Waals surface area contributed by atoms with Crippen molar-refractivity contribution in [3.05, 3.63) is 58.9 Å². The Kier molecular flexibility index (Phi) is 12.4. The van der Waals surface area contributed by atoms with E-state index in [-0.39, 0.29) is 11.7 Å². The van der Waals surface area contributed by atoms with E-state index in [0.717, 1.165) is 25.0 Å². The highest BCUT2D eigenvalue weighted by Gasteiger charge is 2.38. The van der Waals surface area contributed by atoms with Crippen LogP contribution in [0.2, 0.25) is 0 Å². The topological polar surface area (TPSA) is 88.5 Å². The maximum absolute atomic E-state index is 14.2. The summed E-state index contributed by atoms with van der Waals surface area (Å²) in [7, 11) is 6.72. The van der Waals surface area contributed by atoms with Gasteiger partial charge in [-0.3, -0.25) is 4.79 Å². The minimum absolute atomic E-state index is 0.138. The van der Waals surface area contributed by atoms with Crippen molar-refractivity contribution in [2.75, 3.05) is 48.0 Å². The largest absolute Gasteiger partial charge is 0.493 e. The van der Waals surface area contributed by atoms with E-state index in [1.165, 1.54) is 33.8 Å². The van der Waals surface area contributed by atoms with E-state index in [9.17, 15) is 22.4 Å². The van der Waals surface area contributed by atoms with Gasteiger partial charge in [0.2, 0.25) is 5.75 Å². The predicted molar refractivity (Wildman–Crippen MR) is 146 cm³/mol.